The van der Waals surface area contributed by atoms with Crippen LogP contribution in [0.15, 0.2) is 82.2 Å². The van der Waals surface area contributed by atoms with E-state index in [1.54, 1.807) is 31.4 Å². The number of fused-ring (bicyclic) bond motifs is 1. The van der Waals surface area contributed by atoms with E-state index >= 15 is 0 Å². The Kier molecular flexibility index (Phi) is 8.08. The average Bonchev–Trinajstić information content (AvgIpc) is 3.17. The molecule has 0 amide bonds. The van der Waals surface area contributed by atoms with E-state index < -0.39 is 12.0 Å². The number of esters is 1. The summed E-state index contributed by atoms with van der Waals surface area (Å²) in [7, 11) is 0. The molecule has 0 bridgehead atoms. The Hall–Kier alpha value is -3.91. The summed E-state index contributed by atoms with van der Waals surface area (Å²) < 4.78 is 18.8. The first-order valence-corrected chi connectivity index (χ1v) is 12.9. The van der Waals surface area contributed by atoms with Gasteiger partial charge in [0.2, 0.25) is 0 Å². The third-order valence-corrected chi connectivity index (χ3v) is 6.62. The molecule has 0 saturated heterocycles. The molecule has 0 fully saturated rings. The fourth-order valence-electron chi connectivity index (χ4n) is 4.06. The Morgan fingerprint density at radius 2 is 1.76 bits per heavy atom. The molecule has 0 N–H and O–H groups in total. The molecule has 7 nitrogen and oxygen atoms in total. The van der Waals surface area contributed by atoms with Crippen LogP contribution in [0, 0.1) is 0 Å². The molecule has 0 aliphatic carbocycles. The summed E-state index contributed by atoms with van der Waals surface area (Å²) in [5.41, 5.74) is 2.27. The summed E-state index contributed by atoms with van der Waals surface area (Å²) in [5.74, 6) is 0.948. The zero-order valence-electron chi connectivity index (χ0n) is 21.4. The Bertz CT molecular complexity index is 1500. The topological polar surface area (TPSA) is 79.1 Å². The molecule has 2 heterocycles. The Morgan fingerprint density at radius 1 is 1.11 bits per heavy atom. The van der Waals surface area contributed by atoms with Gasteiger partial charge < -0.3 is 14.2 Å². The number of carbonyl (C=O) groups is 1. The maximum Gasteiger partial charge on any atom is 0.338 e. The predicted molar refractivity (Wildman–Crippen MR) is 145 cm³/mol. The zero-order valence-corrected chi connectivity index (χ0v) is 22.2. The van der Waals surface area contributed by atoms with Crippen LogP contribution in [0.3, 0.4) is 0 Å². The number of thiazole rings is 1. The highest BCUT2D eigenvalue weighted by atomic mass is 32.1. The van der Waals surface area contributed by atoms with Crippen LogP contribution in [0.5, 0.6) is 11.5 Å². The molecule has 1 aromatic heterocycles. The van der Waals surface area contributed by atoms with E-state index in [4.69, 9.17) is 14.2 Å². The number of allylic oxidation sites excluding steroid dienone is 1. The van der Waals surface area contributed by atoms with Crippen molar-refractivity contribution in [1.29, 1.82) is 0 Å². The second kappa shape index (κ2) is 11.4. The Labute approximate surface area is 219 Å². The lowest BCUT2D eigenvalue weighted by atomic mass is 9.96. The summed E-state index contributed by atoms with van der Waals surface area (Å²) in [6.45, 7) is 11.9. The van der Waals surface area contributed by atoms with Gasteiger partial charge in [-0.3, -0.25) is 9.36 Å². The monoisotopic (exact) mass is 518 g/mol. The van der Waals surface area contributed by atoms with Crippen LogP contribution < -0.4 is 24.4 Å². The Morgan fingerprint density at radius 3 is 2.38 bits per heavy atom. The van der Waals surface area contributed by atoms with Gasteiger partial charge in [0.1, 0.15) is 18.1 Å². The number of nitrogens with zero attached hydrogens (tertiary/aromatic N) is 2. The minimum atomic E-state index is -0.671. The molecule has 4 rings (SSSR count). The molecular formula is C29H30N2O5S. The molecule has 8 heteroatoms. The van der Waals surface area contributed by atoms with Crippen molar-refractivity contribution < 1.29 is 19.0 Å². The van der Waals surface area contributed by atoms with Crippen molar-refractivity contribution >= 4 is 23.4 Å². The van der Waals surface area contributed by atoms with Gasteiger partial charge in [0.05, 0.1) is 34.6 Å². The molecule has 192 valence electrons. The van der Waals surface area contributed by atoms with Gasteiger partial charge in [0.25, 0.3) is 5.56 Å². The lowest BCUT2D eigenvalue weighted by molar-refractivity contribution is -0.143. The lowest BCUT2D eigenvalue weighted by Crippen LogP contribution is -2.40. The molecular weight excluding hydrogens is 488 g/mol. The highest BCUT2D eigenvalue weighted by Crippen LogP contribution is 2.32. The molecule has 0 unspecified atom stereocenters. The van der Waals surface area contributed by atoms with Gasteiger partial charge >= 0.3 is 5.97 Å². The van der Waals surface area contributed by atoms with E-state index in [1.165, 1.54) is 11.3 Å². The standard InChI is InChI=1S/C29H30N2O5S/c1-6-16-35-23-12-8-20(9-13-23)17-24-27(32)31-26(21-10-14-22(15-11-21)34-7-2)25(28(33)36-18(3)4)19(5)30-29(31)37-24/h6,8-15,17-18,26H,1,7,16H2,2-5H3/b24-17+/t26-/m1/s1. The van der Waals surface area contributed by atoms with Crippen LogP contribution in [0.1, 0.15) is 44.9 Å². The number of ether oxygens (including phenoxy) is 3. The van der Waals surface area contributed by atoms with Gasteiger partial charge in [-0.25, -0.2) is 9.79 Å². The second-order valence-electron chi connectivity index (χ2n) is 8.71. The van der Waals surface area contributed by atoms with Gasteiger partial charge in [0, 0.05) is 0 Å². The van der Waals surface area contributed by atoms with Crippen molar-refractivity contribution in [2.24, 2.45) is 4.99 Å². The molecule has 2 aromatic carbocycles. The molecule has 1 atom stereocenters. The first-order chi connectivity index (χ1) is 17.8. The van der Waals surface area contributed by atoms with E-state index in [0.29, 0.717) is 39.6 Å². The summed E-state index contributed by atoms with van der Waals surface area (Å²) in [4.78, 5) is 32.1. The molecule has 0 spiro atoms. The summed E-state index contributed by atoms with van der Waals surface area (Å²) in [6.07, 6.45) is 3.20. The summed E-state index contributed by atoms with van der Waals surface area (Å²) >= 11 is 1.29. The van der Waals surface area contributed by atoms with Gasteiger partial charge in [-0.15, -0.1) is 0 Å². The van der Waals surface area contributed by atoms with Crippen LogP contribution >= 0.6 is 11.3 Å². The SMILES string of the molecule is C=CCOc1ccc(/C=c2/sc3n(c2=O)[C@H](c2ccc(OCC)cc2)C(C(=O)OC(C)C)=C(C)N=3)cc1. The normalized spacial score (nSPS) is 15.3. The van der Waals surface area contributed by atoms with Crippen LogP contribution in [0.2, 0.25) is 0 Å². The van der Waals surface area contributed by atoms with Crippen LogP contribution in [0.25, 0.3) is 6.08 Å². The fourth-order valence-corrected chi connectivity index (χ4v) is 5.10. The molecule has 1 aliphatic heterocycles. The molecule has 37 heavy (non-hydrogen) atoms. The largest absolute Gasteiger partial charge is 0.494 e. The lowest BCUT2D eigenvalue weighted by Gasteiger charge is -2.25. The summed E-state index contributed by atoms with van der Waals surface area (Å²) in [5, 5.41) is 0. The second-order valence-corrected chi connectivity index (χ2v) is 9.72. The van der Waals surface area contributed by atoms with Crippen molar-refractivity contribution in [1.82, 2.24) is 4.57 Å². The number of carbonyl (C=O) groups excluding carboxylic acids is 1. The predicted octanol–water partition coefficient (Wildman–Crippen LogP) is 4.15. The number of rotatable bonds is 9. The first-order valence-electron chi connectivity index (χ1n) is 12.1. The first kappa shape index (κ1) is 26.2. The molecule has 0 saturated carbocycles. The quantitative estimate of drug-likeness (QED) is 0.314. The number of aromatic nitrogens is 1. The van der Waals surface area contributed by atoms with Crippen molar-refractivity contribution in [3.63, 3.8) is 0 Å². The van der Waals surface area contributed by atoms with Gasteiger partial charge in [-0.05, 0) is 69.2 Å². The van der Waals surface area contributed by atoms with Gasteiger partial charge in [0.15, 0.2) is 4.80 Å². The van der Waals surface area contributed by atoms with E-state index in [1.807, 2.05) is 61.5 Å². The fraction of sp³-hybridized carbons (Fsp3) is 0.276. The molecule has 3 aromatic rings. The smallest absolute Gasteiger partial charge is 0.338 e. The van der Waals surface area contributed by atoms with E-state index in [9.17, 15) is 9.59 Å². The van der Waals surface area contributed by atoms with Gasteiger partial charge in [-0.2, -0.15) is 0 Å². The third kappa shape index (κ3) is 5.75. The van der Waals surface area contributed by atoms with Crippen molar-refractivity contribution in [2.75, 3.05) is 13.2 Å². The highest BCUT2D eigenvalue weighted by molar-refractivity contribution is 7.07. The maximum atomic E-state index is 13.7. The van der Waals surface area contributed by atoms with Crippen molar-refractivity contribution in [2.45, 2.75) is 39.8 Å². The van der Waals surface area contributed by atoms with E-state index in [0.717, 1.165) is 16.9 Å². The average molecular weight is 519 g/mol. The number of benzene rings is 2. The zero-order chi connectivity index (χ0) is 26.5. The van der Waals surface area contributed by atoms with Crippen LogP contribution in [0.4, 0.5) is 0 Å². The van der Waals surface area contributed by atoms with Crippen molar-refractivity contribution in [3.05, 3.63) is 103 Å². The minimum absolute atomic E-state index is 0.225. The summed E-state index contributed by atoms with van der Waals surface area (Å²) in [6, 6.07) is 14.2. The Balaban J connectivity index is 1.83. The van der Waals surface area contributed by atoms with E-state index in [-0.39, 0.29) is 11.7 Å². The maximum absolute atomic E-state index is 13.7. The molecule has 0 radical (unpaired) electrons. The van der Waals surface area contributed by atoms with E-state index in [2.05, 4.69) is 11.6 Å². The number of hydrogen-bond acceptors (Lipinski definition) is 7. The minimum Gasteiger partial charge on any atom is -0.494 e. The van der Waals surface area contributed by atoms with Crippen molar-refractivity contribution in [3.8, 4) is 11.5 Å². The van der Waals surface area contributed by atoms with Crippen LogP contribution in [-0.2, 0) is 9.53 Å². The number of hydrogen-bond donors (Lipinski definition) is 0. The van der Waals surface area contributed by atoms with Crippen LogP contribution in [-0.4, -0.2) is 29.9 Å². The van der Waals surface area contributed by atoms with Gasteiger partial charge in [-0.1, -0.05) is 48.3 Å². The molecule has 1 aliphatic rings. The highest BCUT2D eigenvalue weighted by Gasteiger charge is 2.33. The third-order valence-electron chi connectivity index (χ3n) is 5.64.